The standard InChI is InChI=1S/C21H13FN2O3/c22-14-5-8-19-17(10-14)18(21(25)26)11-20(24-19)13-3-6-15(7-4-13)27-16-2-1-9-23-12-16/h1-12H,(H,25,26). The van der Waals surface area contributed by atoms with E-state index in [2.05, 4.69) is 9.97 Å². The number of nitrogens with zero attached hydrogens (tertiary/aromatic N) is 2. The fraction of sp³-hybridized carbons (Fsp3) is 0. The summed E-state index contributed by atoms with van der Waals surface area (Å²) in [6.07, 6.45) is 3.27. The van der Waals surface area contributed by atoms with Crippen molar-refractivity contribution in [3.05, 3.63) is 84.4 Å². The second kappa shape index (κ2) is 6.84. The first kappa shape index (κ1) is 16.7. The van der Waals surface area contributed by atoms with Gasteiger partial charge in [0.05, 0.1) is 23.0 Å². The monoisotopic (exact) mass is 360 g/mol. The number of aromatic carboxylic acids is 1. The third kappa shape index (κ3) is 3.46. The molecular weight excluding hydrogens is 347 g/mol. The van der Waals surface area contributed by atoms with Crippen LogP contribution in [-0.4, -0.2) is 21.0 Å². The molecule has 132 valence electrons. The van der Waals surface area contributed by atoms with Crippen LogP contribution in [-0.2, 0) is 0 Å². The lowest BCUT2D eigenvalue weighted by atomic mass is 10.0. The van der Waals surface area contributed by atoms with Gasteiger partial charge in [-0.3, -0.25) is 4.98 Å². The maximum absolute atomic E-state index is 13.5. The summed E-state index contributed by atoms with van der Waals surface area (Å²) in [6, 6.07) is 16.0. The molecule has 0 saturated carbocycles. The van der Waals surface area contributed by atoms with Crippen molar-refractivity contribution in [1.82, 2.24) is 9.97 Å². The number of halogens is 1. The molecule has 6 heteroatoms. The number of hydrogen-bond donors (Lipinski definition) is 1. The lowest BCUT2D eigenvalue weighted by molar-refractivity contribution is 0.0699. The number of aromatic nitrogens is 2. The molecule has 4 rings (SSSR count). The van der Waals surface area contributed by atoms with E-state index in [1.165, 1.54) is 24.3 Å². The molecular formula is C21H13FN2O3. The molecule has 0 spiro atoms. The Morgan fingerprint density at radius 1 is 1.00 bits per heavy atom. The van der Waals surface area contributed by atoms with Crippen molar-refractivity contribution >= 4 is 16.9 Å². The summed E-state index contributed by atoms with van der Waals surface area (Å²) in [5.41, 5.74) is 1.63. The molecule has 0 unspecified atom stereocenters. The van der Waals surface area contributed by atoms with E-state index >= 15 is 0 Å². The maximum atomic E-state index is 13.5. The summed E-state index contributed by atoms with van der Waals surface area (Å²) in [4.78, 5) is 20.0. The highest BCUT2D eigenvalue weighted by Gasteiger charge is 2.14. The fourth-order valence-electron chi connectivity index (χ4n) is 2.76. The number of carbonyl (C=O) groups is 1. The first-order chi connectivity index (χ1) is 13.1. The van der Waals surface area contributed by atoms with Gasteiger partial charge in [-0.15, -0.1) is 0 Å². The van der Waals surface area contributed by atoms with Gasteiger partial charge in [0.15, 0.2) is 0 Å². The molecule has 0 aliphatic rings. The Balaban J connectivity index is 1.71. The van der Waals surface area contributed by atoms with Gasteiger partial charge >= 0.3 is 5.97 Å². The molecule has 2 heterocycles. The average Bonchev–Trinajstić information content (AvgIpc) is 2.68. The highest BCUT2D eigenvalue weighted by molar-refractivity contribution is 6.03. The molecule has 0 radical (unpaired) electrons. The van der Waals surface area contributed by atoms with Crippen molar-refractivity contribution in [3.8, 4) is 22.8 Å². The number of hydrogen-bond acceptors (Lipinski definition) is 4. The first-order valence-corrected chi connectivity index (χ1v) is 8.12. The zero-order valence-corrected chi connectivity index (χ0v) is 14.0. The molecule has 0 amide bonds. The van der Waals surface area contributed by atoms with E-state index in [4.69, 9.17) is 4.74 Å². The van der Waals surface area contributed by atoms with Crippen LogP contribution in [0.15, 0.2) is 73.1 Å². The lowest BCUT2D eigenvalue weighted by Crippen LogP contribution is -2.00. The Labute approximate surface area is 153 Å². The SMILES string of the molecule is O=C(O)c1cc(-c2ccc(Oc3cccnc3)cc2)nc2ccc(F)cc12. The number of benzene rings is 2. The van der Waals surface area contributed by atoms with Gasteiger partial charge in [0.25, 0.3) is 0 Å². The van der Waals surface area contributed by atoms with Crippen LogP contribution < -0.4 is 4.74 Å². The van der Waals surface area contributed by atoms with Crippen LogP contribution in [0.2, 0.25) is 0 Å². The van der Waals surface area contributed by atoms with Crippen molar-refractivity contribution in [2.45, 2.75) is 0 Å². The zero-order chi connectivity index (χ0) is 18.8. The average molecular weight is 360 g/mol. The molecule has 0 saturated heterocycles. The normalized spacial score (nSPS) is 10.7. The quantitative estimate of drug-likeness (QED) is 0.559. The molecule has 0 bridgehead atoms. The minimum Gasteiger partial charge on any atom is -0.478 e. The maximum Gasteiger partial charge on any atom is 0.336 e. The van der Waals surface area contributed by atoms with E-state index in [-0.39, 0.29) is 10.9 Å². The Morgan fingerprint density at radius 3 is 2.52 bits per heavy atom. The van der Waals surface area contributed by atoms with Crippen molar-refractivity contribution < 1.29 is 19.0 Å². The smallest absolute Gasteiger partial charge is 0.336 e. The van der Waals surface area contributed by atoms with E-state index in [9.17, 15) is 14.3 Å². The molecule has 27 heavy (non-hydrogen) atoms. The first-order valence-electron chi connectivity index (χ1n) is 8.12. The largest absolute Gasteiger partial charge is 0.478 e. The summed E-state index contributed by atoms with van der Waals surface area (Å²) in [5.74, 6) is -0.403. The number of carboxylic acids is 1. The summed E-state index contributed by atoms with van der Waals surface area (Å²) >= 11 is 0. The van der Waals surface area contributed by atoms with Crippen LogP contribution in [0, 0.1) is 5.82 Å². The number of rotatable bonds is 4. The van der Waals surface area contributed by atoms with Crippen molar-refractivity contribution in [2.75, 3.05) is 0 Å². The molecule has 1 N–H and O–H groups in total. The Kier molecular flexibility index (Phi) is 4.22. The van der Waals surface area contributed by atoms with Crippen molar-refractivity contribution in [1.29, 1.82) is 0 Å². The zero-order valence-electron chi connectivity index (χ0n) is 14.0. The van der Waals surface area contributed by atoms with Gasteiger partial charge < -0.3 is 9.84 Å². The second-order valence-corrected chi connectivity index (χ2v) is 5.84. The van der Waals surface area contributed by atoms with E-state index in [0.29, 0.717) is 22.7 Å². The highest BCUT2D eigenvalue weighted by atomic mass is 19.1. The van der Waals surface area contributed by atoms with Gasteiger partial charge in [-0.25, -0.2) is 14.2 Å². The number of carboxylic acid groups (broad SMARTS) is 1. The molecule has 0 aliphatic heterocycles. The van der Waals surface area contributed by atoms with E-state index in [0.717, 1.165) is 5.56 Å². The number of fused-ring (bicyclic) bond motifs is 1. The molecule has 5 nitrogen and oxygen atoms in total. The minimum absolute atomic E-state index is 0.00480. The van der Waals surface area contributed by atoms with Crippen LogP contribution >= 0.6 is 0 Å². The molecule has 0 fully saturated rings. The van der Waals surface area contributed by atoms with Crippen molar-refractivity contribution in [3.63, 3.8) is 0 Å². The topological polar surface area (TPSA) is 72.3 Å². The highest BCUT2D eigenvalue weighted by Crippen LogP contribution is 2.28. The van der Waals surface area contributed by atoms with E-state index in [1.807, 2.05) is 0 Å². The summed E-state index contributed by atoms with van der Waals surface area (Å²) in [7, 11) is 0. The van der Waals surface area contributed by atoms with Gasteiger partial charge in [0.2, 0.25) is 0 Å². The Bertz CT molecular complexity index is 1130. The third-order valence-corrected chi connectivity index (χ3v) is 4.02. The number of pyridine rings is 2. The van der Waals surface area contributed by atoms with E-state index in [1.54, 1.807) is 48.8 Å². The van der Waals surface area contributed by atoms with Crippen LogP contribution in [0.25, 0.3) is 22.2 Å². The summed E-state index contributed by atoms with van der Waals surface area (Å²) in [6.45, 7) is 0. The second-order valence-electron chi connectivity index (χ2n) is 5.84. The molecule has 2 aromatic heterocycles. The van der Waals surface area contributed by atoms with Gasteiger partial charge in [-0.1, -0.05) is 0 Å². The molecule has 2 aromatic carbocycles. The van der Waals surface area contributed by atoms with Gasteiger partial charge in [-0.2, -0.15) is 0 Å². The summed E-state index contributed by atoms with van der Waals surface area (Å²) < 4.78 is 19.2. The predicted octanol–water partition coefficient (Wildman–Crippen LogP) is 4.93. The third-order valence-electron chi connectivity index (χ3n) is 4.02. The van der Waals surface area contributed by atoms with E-state index < -0.39 is 11.8 Å². The predicted molar refractivity (Wildman–Crippen MR) is 98.4 cm³/mol. The van der Waals surface area contributed by atoms with Gasteiger partial charge in [-0.05, 0) is 60.7 Å². The van der Waals surface area contributed by atoms with Gasteiger partial charge in [0.1, 0.15) is 17.3 Å². The van der Waals surface area contributed by atoms with Crippen LogP contribution in [0.4, 0.5) is 4.39 Å². The lowest BCUT2D eigenvalue weighted by Gasteiger charge is -2.09. The molecule has 0 aliphatic carbocycles. The fourth-order valence-corrected chi connectivity index (χ4v) is 2.76. The van der Waals surface area contributed by atoms with Crippen LogP contribution in [0.3, 0.4) is 0 Å². The van der Waals surface area contributed by atoms with Crippen LogP contribution in [0.1, 0.15) is 10.4 Å². The summed E-state index contributed by atoms with van der Waals surface area (Å²) in [5, 5.41) is 9.74. The number of ether oxygens (including phenoxy) is 1. The molecule has 0 atom stereocenters. The van der Waals surface area contributed by atoms with Crippen LogP contribution in [0.5, 0.6) is 11.5 Å². The van der Waals surface area contributed by atoms with Gasteiger partial charge in [0, 0.05) is 17.1 Å². The Morgan fingerprint density at radius 2 is 1.81 bits per heavy atom. The van der Waals surface area contributed by atoms with Crippen molar-refractivity contribution in [2.24, 2.45) is 0 Å². The molecule has 4 aromatic rings. The minimum atomic E-state index is -1.13. The Hall–Kier alpha value is -3.80.